The van der Waals surface area contributed by atoms with Crippen LogP contribution in [0.2, 0.25) is 0 Å². The van der Waals surface area contributed by atoms with Crippen LogP contribution in [0.1, 0.15) is 12.8 Å². The number of hydrogen-bond acceptors (Lipinski definition) is 6. The first-order valence-electron chi connectivity index (χ1n) is 9.75. The van der Waals surface area contributed by atoms with E-state index in [0.29, 0.717) is 23.3 Å². The van der Waals surface area contributed by atoms with Crippen molar-refractivity contribution in [2.24, 2.45) is 13.0 Å². The zero-order chi connectivity index (χ0) is 19.8. The Balaban J connectivity index is 1.56. The van der Waals surface area contributed by atoms with Gasteiger partial charge in [-0.15, -0.1) is 0 Å². The third-order valence-electron chi connectivity index (χ3n) is 5.07. The first-order valence-corrected chi connectivity index (χ1v) is 9.75. The first kappa shape index (κ1) is 17.5. The number of nitrogen functional groups attached to an aromatic ring is 1. The summed E-state index contributed by atoms with van der Waals surface area (Å²) in [6.45, 7) is 0.879. The van der Waals surface area contributed by atoms with Crippen LogP contribution in [0.25, 0.3) is 22.3 Å². The van der Waals surface area contributed by atoms with Gasteiger partial charge in [-0.3, -0.25) is 4.68 Å². The Kier molecular flexibility index (Phi) is 4.27. The smallest absolute Gasteiger partial charge is 0.225 e. The van der Waals surface area contributed by atoms with E-state index in [9.17, 15) is 0 Å². The molecule has 0 amide bonds. The lowest BCUT2D eigenvalue weighted by molar-refractivity contribution is 0.483. The largest absolute Gasteiger partial charge is 0.457 e. The van der Waals surface area contributed by atoms with Gasteiger partial charge >= 0.3 is 0 Å². The van der Waals surface area contributed by atoms with Crippen LogP contribution in [0.15, 0.2) is 54.6 Å². The fourth-order valence-electron chi connectivity index (χ4n) is 3.29. The summed E-state index contributed by atoms with van der Waals surface area (Å²) in [4.78, 5) is 9.35. The molecule has 2 aromatic carbocycles. The molecule has 1 saturated carbocycles. The maximum atomic E-state index is 6.29. The zero-order valence-electron chi connectivity index (χ0n) is 16.2. The van der Waals surface area contributed by atoms with E-state index in [1.165, 1.54) is 12.8 Å². The molecular weight excluding hydrogens is 364 g/mol. The maximum Gasteiger partial charge on any atom is 0.225 e. The molecule has 3 N–H and O–H groups in total. The minimum Gasteiger partial charge on any atom is -0.457 e. The van der Waals surface area contributed by atoms with Crippen molar-refractivity contribution in [3.8, 4) is 22.8 Å². The van der Waals surface area contributed by atoms with E-state index in [2.05, 4.69) is 15.4 Å². The van der Waals surface area contributed by atoms with E-state index in [-0.39, 0.29) is 0 Å². The van der Waals surface area contributed by atoms with Gasteiger partial charge in [-0.2, -0.15) is 10.1 Å². The van der Waals surface area contributed by atoms with Crippen LogP contribution in [0.3, 0.4) is 0 Å². The zero-order valence-corrected chi connectivity index (χ0v) is 16.2. The predicted molar refractivity (Wildman–Crippen MR) is 114 cm³/mol. The van der Waals surface area contributed by atoms with Crippen LogP contribution in [-0.4, -0.2) is 26.3 Å². The van der Waals surface area contributed by atoms with Crippen LogP contribution < -0.4 is 15.8 Å². The number of nitrogens with zero attached hydrogens (tertiary/aromatic N) is 4. The molecule has 0 unspecified atom stereocenters. The molecule has 5 rings (SSSR count). The number of nitrogens with one attached hydrogen (secondary N) is 1. The monoisotopic (exact) mass is 386 g/mol. The third-order valence-corrected chi connectivity index (χ3v) is 5.07. The second-order valence-corrected chi connectivity index (χ2v) is 7.37. The molecule has 0 saturated heterocycles. The quantitative estimate of drug-likeness (QED) is 0.515. The lowest BCUT2D eigenvalue weighted by Gasteiger charge is -2.10. The molecule has 7 nitrogen and oxygen atoms in total. The first-order chi connectivity index (χ1) is 14.2. The molecule has 1 fully saturated rings. The van der Waals surface area contributed by atoms with E-state index >= 15 is 0 Å². The summed E-state index contributed by atoms with van der Waals surface area (Å²) >= 11 is 0. The van der Waals surface area contributed by atoms with Gasteiger partial charge in [0.15, 0.2) is 5.65 Å². The lowest BCUT2D eigenvalue weighted by atomic mass is 10.1. The van der Waals surface area contributed by atoms with Crippen molar-refractivity contribution in [2.75, 3.05) is 17.6 Å². The van der Waals surface area contributed by atoms with Gasteiger partial charge < -0.3 is 15.8 Å². The Morgan fingerprint density at radius 3 is 2.66 bits per heavy atom. The van der Waals surface area contributed by atoms with Crippen molar-refractivity contribution in [3.05, 3.63) is 54.6 Å². The highest BCUT2D eigenvalue weighted by atomic mass is 16.5. The summed E-state index contributed by atoms with van der Waals surface area (Å²) < 4.78 is 7.63. The van der Waals surface area contributed by atoms with Crippen LogP contribution in [0.4, 0.5) is 11.8 Å². The Hall–Kier alpha value is -3.61. The molecular formula is C22H22N6O. The Morgan fingerprint density at radius 1 is 1.07 bits per heavy atom. The molecule has 0 atom stereocenters. The van der Waals surface area contributed by atoms with E-state index in [4.69, 9.17) is 15.5 Å². The van der Waals surface area contributed by atoms with E-state index in [1.54, 1.807) is 4.68 Å². The Bertz CT molecular complexity index is 1170. The normalized spacial score (nSPS) is 13.6. The summed E-state index contributed by atoms with van der Waals surface area (Å²) in [5, 5.41) is 8.56. The van der Waals surface area contributed by atoms with Crippen molar-refractivity contribution < 1.29 is 4.74 Å². The van der Waals surface area contributed by atoms with Gasteiger partial charge in [0.2, 0.25) is 5.95 Å². The number of para-hydroxylation sites is 1. The third kappa shape index (κ3) is 3.59. The number of benzene rings is 2. The SMILES string of the molecule is Cn1nc2nc(NCC3CC3)nc(-c3cccc(Oc4ccccc4)c3)c2c1N. The van der Waals surface area contributed by atoms with Crippen molar-refractivity contribution in [1.29, 1.82) is 0 Å². The van der Waals surface area contributed by atoms with Gasteiger partial charge in [-0.25, -0.2) is 4.98 Å². The average molecular weight is 386 g/mol. The molecule has 4 aromatic rings. The van der Waals surface area contributed by atoms with Crippen molar-refractivity contribution in [1.82, 2.24) is 19.7 Å². The highest BCUT2D eigenvalue weighted by Crippen LogP contribution is 2.34. The molecule has 7 heteroatoms. The number of ether oxygens (including phenoxy) is 1. The van der Waals surface area contributed by atoms with Gasteiger partial charge in [-0.05, 0) is 43.0 Å². The van der Waals surface area contributed by atoms with Gasteiger partial charge in [-0.1, -0.05) is 30.3 Å². The van der Waals surface area contributed by atoms with Crippen LogP contribution in [0.5, 0.6) is 11.5 Å². The molecule has 2 heterocycles. The van der Waals surface area contributed by atoms with E-state index in [0.717, 1.165) is 34.7 Å². The van der Waals surface area contributed by atoms with E-state index < -0.39 is 0 Å². The molecule has 146 valence electrons. The number of aryl methyl sites for hydroxylation is 1. The number of fused-ring (bicyclic) bond motifs is 1. The number of aromatic nitrogens is 4. The number of anilines is 2. The lowest BCUT2D eigenvalue weighted by Crippen LogP contribution is -2.07. The molecule has 29 heavy (non-hydrogen) atoms. The van der Waals surface area contributed by atoms with Gasteiger partial charge in [0.05, 0.1) is 11.1 Å². The minimum absolute atomic E-state index is 0.540. The predicted octanol–water partition coefficient (Wildman–Crippen LogP) is 4.23. The average Bonchev–Trinajstić information content (AvgIpc) is 3.52. The summed E-state index contributed by atoms with van der Waals surface area (Å²) in [6, 6.07) is 17.5. The van der Waals surface area contributed by atoms with Crippen LogP contribution >= 0.6 is 0 Å². The summed E-state index contributed by atoms with van der Waals surface area (Å²) in [6.07, 6.45) is 2.52. The van der Waals surface area contributed by atoms with Crippen LogP contribution in [0, 0.1) is 5.92 Å². The number of hydrogen-bond donors (Lipinski definition) is 2. The fraction of sp³-hybridized carbons (Fsp3) is 0.227. The maximum absolute atomic E-state index is 6.29. The number of nitrogens with two attached hydrogens (primary N) is 1. The van der Waals surface area contributed by atoms with Gasteiger partial charge in [0, 0.05) is 19.2 Å². The molecule has 0 spiro atoms. The second-order valence-electron chi connectivity index (χ2n) is 7.37. The van der Waals surface area contributed by atoms with E-state index in [1.807, 2.05) is 61.6 Å². The molecule has 1 aliphatic carbocycles. The molecule has 1 aliphatic rings. The van der Waals surface area contributed by atoms with Crippen molar-refractivity contribution in [3.63, 3.8) is 0 Å². The molecule has 0 bridgehead atoms. The highest BCUT2D eigenvalue weighted by Gasteiger charge is 2.22. The highest BCUT2D eigenvalue weighted by molar-refractivity contribution is 5.99. The van der Waals surface area contributed by atoms with Gasteiger partial charge in [0.25, 0.3) is 0 Å². The van der Waals surface area contributed by atoms with Gasteiger partial charge in [0.1, 0.15) is 17.3 Å². The molecule has 0 aliphatic heterocycles. The topological polar surface area (TPSA) is 90.9 Å². The number of rotatable bonds is 6. The van der Waals surface area contributed by atoms with Crippen molar-refractivity contribution in [2.45, 2.75) is 12.8 Å². The summed E-state index contributed by atoms with van der Waals surface area (Å²) in [5.41, 5.74) is 8.53. The second kappa shape index (κ2) is 7.09. The standard InChI is InChI=1S/C22H22N6O/c1-28-20(23)18-19(25-22(26-21(18)27-28)24-13-14-10-11-14)15-6-5-9-17(12-15)29-16-7-3-2-4-8-16/h2-9,12,14H,10-11,13,23H2,1H3,(H,24,26,27). The summed E-state index contributed by atoms with van der Waals surface area (Å²) in [5.74, 6) is 3.35. The fourth-order valence-corrected chi connectivity index (χ4v) is 3.29. The van der Waals surface area contributed by atoms with Crippen molar-refractivity contribution >= 4 is 22.8 Å². The Labute approximate surface area is 168 Å². The van der Waals surface area contributed by atoms with Crippen LogP contribution in [-0.2, 0) is 7.05 Å². The molecule has 0 radical (unpaired) electrons. The summed E-state index contributed by atoms with van der Waals surface area (Å²) in [7, 11) is 1.81. The minimum atomic E-state index is 0.540. The Morgan fingerprint density at radius 2 is 1.86 bits per heavy atom. The molecule has 2 aromatic heterocycles.